The standard InChI is InChI=1S/C19H19N3O4/c1-3-26-19(25)17(13(2)23)22-21-16-11-9-15(10-12-16)20-18(24)14-7-5-4-6-8-14/h4-12,23H,3H2,1-2H3,(H,20,24)/b17-13+,22-21?. The molecule has 0 aliphatic heterocycles. The molecule has 7 nitrogen and oxygen atoms in total. The Morgan fingerprint density at radius 3 is 2.31 bits per heavy atom. The monoisotopic (exact) mass is 353 g/mol. The van der Waals surface area contributed by atoms with E-state index in [1.807, 2.05) is 6.07 Å². The van der Waals surface area contributed by atoms with Gasteiger partial charge in [0.2, 0.25) is 5.70 Å². The summed E-state index contributed by atoms with van der Waals surface area (Å²) in [4.78, 5) is 23.8. The van der Waals surface area contributed by atoms with E-state index in [0.717, 1.165) is 0 Å². The van der Waals surface area contributed by atoms with Gasteiger partial charge >= 0.3 is 5.97 Å². The first-order chi connectivity index (χ1) is 12.5. The Morgan fingerprint density at radius 1 is 1.08 bits per heavy atom. The van der Waals surface area contributed by atoms with Crippen LogP contribution in [-0.4, -0.2) is 23.6 Å². The van der Waals surface area contributed by atoms with Gasteiger partial charge < -0.3 is 15.2 Å². The highest BCUT2D eigenvalue weighted by molar-refractivity contribution is 6.04. The molecule has 0 aliphatic rings. The van der Waals surface area contributed by atoms with Gasteiger partial charge in [-0.25, -0.2) is 4.79 Å². The fourth-order valence-electron chi connectivity index (χ4n) is 1.97. The van der Waals surface area contributed by atoms with Crippen molar-refractivity contribution in [1.82, 2.24) is 0 Å². The summed E-state index contributed by atoms with van der Waals surface area (Å²) in [5.41, 5.74) is 1.34. The minimum absolute atomic E-state index is 0.168. The van der Waals surface area contributed by atoms with Crippen LogP contribution in [0.1, 0.15) is 24.2 Å². The number of carbonyl (C=O) groups is 2. The molecule has 0 heterocycles. The number of hydrogen-bond donors (Lipinski definition) is 2. The first-order valence-corrected chi connectivity index (χ1v) is 7.96. The second-order valence-corrected chi connectivity index (χ2v) is 5.22. The number of nitrogens with one attached hydrogen (secondary N) is 1. The van der Waals surface area contributed by atoms with Crippen LogP contribution in [0.5, 0.6) is 0 Å². The molecule has 2 rings (SSSR count). The minimum Gasteiger partial charge on any atom is -0.510 e. The van der Waals surface area contributed by atoms with Gasteiger partial charge in [0.25, 0.3) is 5.91 Å². The number of hydrogen-bond acceptors (Lipinski definition) is 6. The number of aliphatic hydroxyl groups is 1. The molecule has 0 saturated heterocycles. The lowest BCUT2D eigenvalue weighted by Gasteiger charge is -2.05. The van der Waals surface area contributed by atoms with Crippen molar-refractivity contribution >= 4 is 23.3 Å². The molecule has 0 saturated carbocycles. The van der Waals surface area contributed by atoms with E-state index in [0.29, 0.717) is 16.9 Å². The molecule has 0 unspecified atom stereocenters. The third-order valence-corrected chi connectivity index (χ3v) is 3.24. The van der Waals surface area contributed by atoms with Gasteiger partial charge in [0, 0.05) is 11.3 Å². The normalized spacial score (nSPS) is 11.8. The first kappa shape index (κ1) is 18.9. The second-order valence-electron chi connectivity index (χ2n) is 5.22. The number of amides is 1. The van der Waals surface area contributed by atoms with Crippen molar-refractivity contribution in [3.63, 3.8) is 0 Å². The van der Waals surface area contributed by atoms with E-state index in [1.165, 1.54) is 6.92 Å². The lowest BCUT2D eigenvalue weighted by Crippen LogP contribution is -2.11. The van der Waals surface area contributed by atoms with Gasteiger partial charge in [-0.1, -0.05) is 18.2 Å². The van der Waals surface area contributed by atoms with Crippen molar-refractivity contribution in [1.29, 1.82) is 0 Å². The van der Waals surface area contributed by atoms with Crippen LogP contribution in [0, 0.1) is 0 Å². The lowest BCUT2D eigenvalue weighted by atomic mass is 10.2. The predicted molar refractivity (Wildman–Crippen MR) is 97.3 cm³/mol. The Morgan fingerprint density at radius 2 is 1.73 bits per heavy atom. The quantitative estimate of drug-likeness (QED) is 0.348. The molecule has 0 radical (unpaired) electrons. The zero-order valence-electron chi connectivity index (χ0n) is 14.5. The van der Waals surface area contributed by atoms with Gasteiger partial charge in [0.15, 0.2) is 0 Å². The molecule has 26 heavy (non-hydrogen) atoms. The van der Waals surface area contributed by atoms with Crippen LogP contribution >= 0.6 is 0 Å². The van der Waals surface area contributed by atoms with E-state index in [4.69, 9.17) is 4.74 Å². The van der Waals surface area contributed by atoms with Gasteiger partial charge in [0.1, 0.15) is 5.76 Å². The van der Waals surface area contributed by atoms with Gasteiger partial charge in [-0.15, -0.1) is 5.11 Å². The fraction of sp³-hybridized carbons (Fsp3) is 0.158. The zero-order valence-corrected chi connectivity index (χ0v) is 14.5. The minimum atomic E-state index is -0.747. The summed E-state index contributed by atoms with van der Waals surface area (Å²) in [5.74, 6) is -1.25. The van der Waals surface area contributed by atoms with Crippen LogP contribution in [0.15, 0.2) is 76.3 Å². The summed E-state index contributed by atoms with van der Waals surface area (Å²) in [6, 6.07) is 15.4. The Labute approximate surface area is 151 Å². The number of aliphatic hydroxyl groups excluding tert-OH is 1. The van der Waals surface area contributed by atoms with Crippen molar-refractivity contribution in [2.45, 2.75) is 13.8 Å². The van der Waals surface area contributed by atoms with Gasteiger partial charge in [-0.3, -0.25) is 4.79 Å². The Hall–Kier alpha value is -3.48. The van der Waals surface area contributed by atoms with E-state index in [-0.39, 0.29) is 24.0 Å². The van der Waals surface area contributed by atoms with Gasteiger partial charge in [0.05, 0.1) is 12.3 Å². The van der Waals surface area contributed by atoms with Crippen molar-refractivity contribution in [3.05, 3.63) is 71.6 Å². The summed E-state index contributed by atoms with van der Waals surface area (Å²) in [5, 5.41) is 19.9. The molecular weight excluding hydrogens is 334 g/mol. The van der Waals surface area contributed by atoms with Crippen molar-refractivity contribution in [2.75, 3.05) is 11.9 Å². The summed E-state index contributed by atoms with van der Waals surface area (Å²) in [7, 11) is 0. The zero-order chi connectivity index (χ0) is 18.9. The number of nitrogens with zero attached hydrogens (tertiary/aromatic N) is 2. The predicted octanol–water partition coefficient (Wildman–Crippen LogP) is 4.38. The topological polar surface area (TPSA) is 100 Å². The van der Waals surface area contributed by atoms with E-state index in [1.54, 1.807) is 55.5 Å². The maximum atomic E-state index is 12.1. The van der Waals surface area contributed by atoms with E-state index in [2.05, 4.69) is 15.5 Å². The molecule has 0 spiro atoms. The summed E-state index contributed by atoms with van der Waals surface area (Å²) < 4.78 is 4.80. The average Bonchev–Trinajstić information content (AvgIpc) is 2.64. The second kappa shape index (κ2) is 9.12. The van der Waals surface area contributed by atoms with Crippen LogP contribution < -0.4 is 5.32 Å². The molecule has 1 amide bonds. The molecule has 2 aromatic carbocycles. The number of allylic oxidation sites excluding steroid dienone is 1. The van der Waals surface area contributed by atoms with E-state index in [9.17, 15) is 14.7 Å². The SMILES string of the molecule is CCOC(=O)/C(N=Nc1ccc(NC(=O)c2ccccc2)cc1)=C(/C)O. The lowest BCUT2D eigenvalue weighted by molar-refractivity contribution is -0.138. The highest BCUT2D eigenvalue weighted by Crippen LogP contribution is 2.19. The maximum Gasteiger partial charge on any atom is 0.362 e. The molecule has 0 atom stereocenters. The molecule has 7 heteroatoms. The smallest absolute Gasteiger partial charge is 0.362 e. The first-order valence-electron chi connectivity index (χ1n) is 7.96. The molecule has 2 aromatic rings. The molecule has 0 bridgehead atoms. The molecule has 0 fully saturated rings. The molecule has 0 aromatic heterocycles. The Kier molecular flexibility index (Phi) is 6.61. The number of carbonyl (C=O) groups excluding carboxylic acids is 2. The van der Waals surface area contributed by atoms with Crippen molar-refractivity contribution < 1.29 is 19.4 Å². The Bertz CT molecular complexity index is 824. The van der Waals surface area contributed by atoms with Crippen LogP contribution in [0.25, 0.3) is 0 Å². The molecular formula is C19H19N3O4. The highest BCUT2D eigenvalue weighted by Gasteiger charge is 2.13. The summed E-state index contributed by atoms with van der Waals surface area (Å²) in [6.07, 6.45) is 0. The largest absolute Gasteiger partial charge is 0.510 e. The number of ether oxygens (including phenoxy) is 1. The number of esters is 1. The molecule has 2 N–H and O–H groups in total. The van der Waals surface area contributed by atoms with Crippen molar-refractivity contribution in [2.24, 2.45) is 10.2 Å². The number of benzene rings is 2. The van der Waals surface area contributed by atoms with E-state index >= 15 is 0 Å². The summed E-state index contributed by atoms with van der Waals surface area (Å²) in [6.45, 7) is 3.15. The average molecular weight is 353 g/mol. The molecule has 134 valence electrons. The van der Waals surface area contributed by atoms with E-state index < -0.39 is 5.97 Å². The third-order valence-electron chi connectivity index (χ3n) is 3.24. The fourth-order valence-corrected chi connectivity index (χ4v) is 1.97. The van der Waals surface area contributed by atoms with Crippen LogP contribution in [-0.2, 0) is 9.53 Å². The third kappa shape index (κ3) is 5.27. The number of rotatable bonds is 6. The Balaban J connectivity index is 2.06. The van der Waals surface area contributed by atoms with Gasteiger partial charge in [-0.05, 0) is 50.2 Å². The van der Waals surface area contributed by atoms with Crippen molar-refractivity contribution in [3.8, 4) is 0 Å². The van der Waals surface area contributed by atoms with Crippen LogP contribution in [0.3, 0.4) is 0 Å². The van der Waals surface area contributed by atoms with Gasteiger partial charge in [-0.2, -0.15) is 5.11 Å². The maximum absolute atomic E-state index is 12.1. The highest BCUT2D eigenvalue weighted by atomic mass is 16.5. The number of anilines is 1. The summed E-state index contributed by atoms with van der Waals surface area (Å²) >= 11 is 0. The molecule has 0 aliphatic carbocycles. The van der Waals surface area contributed by atoms with Crippen LogP contribution in [0.2, 0.25) is 0 Å². The number of azo groups is 1. The van der Waals surface area contributed by atoms with Crippen LogP contribution in [0.4, 0.5) is 11.4 Å².